The van der Waals surface area contributed by atoms with Crippen LogP contribution in [-0.2, 0) is 5.41 Å². The van der Waals surface area contributed by atoms with Gasteiger partial charge in [-0.15, -0.1) is 0 Å². The van der Waals surface area contributed by atoms with Crippen LogP contribution >= 0.6 is 34.1 Å². The van der Waals surface area contributed by atoms with E-state index in [0.717, 1.165) is 4.88 Å². The Hall–Kier alpha value is 0.290. The average Bonchev–Trinajstić information content (AvgIpc) is 2.11. The van der Waals surface area contributed by atoms with Gasteiger partial charge < -0.3 is 0 Å². The van der Waals surface area contributed by atoms with Crippen LogP contribution in [0.15, 0.2) is 0 Å². The maximum Gasteiger partial charge on any atom is 0.238 e. The first kappa shape index (κ1) is 9.38. The number of nitrogens with zero attached hydrogens (tertiary/aromatic N) is 1. The number of aromatic nitrogens is 1. The molecule has 0 aromatic carbocycles. The quantitative estimate of drug-likeness (QED) is 0.667. The van der Waals surface area contributed by atoms with Crippen LogP contribution in [-0.4, -0.2) is 4.37 Å². The van der Waals surface area contributed by atoms with Crippen LogP contribution in [0.3, 0.4) is 0 Å². The largest absolute Gasteiger partial charge is 0.238 e. The van der Waals surface area contributed by atoms with E-state index >= 15 is 0 Å². The van der Waals surface area contributed by atoms with Crippen molar-refractivity contribution in [3.05, 3.63) is 14.4 Å². The fourth-order valence-corrected chi connectivity index (χ4v) is 2.82. The molecule has 0 bridgehead atoms. The van der Waals surface area contributed by atoms with Gasteiger partial charge in [-0.3, -0.25) is 0 Å². The van der Waals surface area contributed by atoms with E-state index in [-0.39, 0.29) is 11.4 Å². The van der Waals surface area contributed by atoms with Crippen molar-refractivity contribution >= 4 is 34.1 Å². The Morgan fingerprint density at radius 3 is 2.18 bits per heavy atom. The fourth-order valence-electron chi connectivity index (χ4n) is 0.726. The van der Waals surface area contributed by atoms with E-state index in [2.05, 4.69) is 25.1 Å². The molecule has 1 aromatic heterocycles. The summed E-state index contributed by atoms with van der Waals surface area (Å²) in [4.78, 5) is 1.02. The van der Waals surface area contributed by atoms with Gasteiger partial charge in [-0.25, -0.2) is 0 Å². The molecule has 0 aliphatic carbocycles. The third kappa shape index (κ3) is 1.90. The predicted octanol–water partition coefficient (Wildman–Crippen LogP) is 3.18. The monoisotopic (exact) mass is 285 g/mol. The Bertz CT molecular complexity index is 264. The van der Waals surface area contributed by atoms with Crippen LogP contribution in [0.2, 0.25) is 0 Å². The molecule has 1 aromatic rings. The zero-order valence-corrected chi connectivity index (χ0v) is 9.59. The van der Waals surface area contributed by atoms with Crippen molar-refractivity contribution in [2.75, 3.05) is 0 Å². The van der Waals surface area contributed by atoms with Crippen LogP contribution in [0.4, 0.5) is 4.39 Å². The van der Waals surface area contributed by atoms with E-state index in [4.69, 9.17) is 0 Å². The summed E-state index contributed by atoms with van der Waals surface area (Å²) in [5.74, 6) is -0.333. The van der Waals surface area contributed by atoms with Gasteiger partial charge in [0.15, 0.2) is 0 Å². The Labute approximate surface area is 83.3 Å². The van der Waals surface area contributed by atoms with Gasteiger partial charge in [0.25, 0.3) is 0 Å². The maximum absolute atomic E-state index is 12.8. The van der Waals surface area contributed by atoms with Crippen LogP contribution in [0.5, 0.6) is 0 Å². The van der Waals surface area contributed by atoms with Crippen molar-refractivity contribution in [1.29, 1.82) is 0 Å². The summed E-state index contributed by atoms with van der Waals surface area (Å²) in [5, 5.41) is 0. The summed E-state index contributed by atoms with van der Waals surface area (Å²) in [6, 6.07) is 0. The van der Waals surface area contributed by atoms with Crippen molar-refractivity contribution in [1.82, 2.24) is 4.37 Å². The molecular formula is C7H9FINS. The summed E-state index contributed by atoms with van der Waals surface area (Å²) in [6.45, 7) is 6.17. The van der Waals surface area contributed by atoms with Gasteiger partial charge in [0.2, 0.25) is 5.95 Å². The van der Waals surface area contributed by atoms with E-state index in [1.807, 2.05) is 22.6 Å². The van der Waals surface area contributed by atoms with E-state index < -0.39 is 0 Å². The molecule has 62 valence electrons. The number of hydrogen-bond donors (Lipinski definition) is 0. The Balaban J connectivity index is 3.15. The highest BCUT2D eigenvalue weighted by Crippen LogP contribution is 2.31. The molecule has 0 saturated carbocycles. The molecule has 0 radical (unpaired) electrons. The van der Waals surface area contributed by atoms with Crippen molar-refractivity contribution in [3.8, 4) is 0 Å². The summed E-state index contributed by atoms with van der Waals surface area (Å²) in [6.07, 6.45) is 0. The van der Waals surface area contributed by atoms with Crippen molar-refractivity contribution in [2.24, 2.45) is 0 Å². The Morgan fingerprint density at radius 2 is 2.00 bits per heavy atom. The lowest BCUT2D eigenvalue weighted by molar-refractivity contribution is 0.569. The highest BCUT2D eigenvalue weighted by Gasteiger charge is 2.22. The highest BCUT2D eigenvalue weighted by molar-refractivity contribution is 14.1. The summed E-state index contributed by atoms with van der Waals surface area (Å²) < 4.78 is 17.1. The van der Waals surface area contributed by atoms with Gasteiger partial charge in [-0.1, -0.05) is 20.8 Å². The van der Waals surface area contributed by atoms with Crippen LogP contribution in [0.1, 0.15) is 25.6 Å². The van der Waals surface area contributed by atoms with Crippen molar-refractivity contribution < 1.29 is 4.39 Å². The first-order chi connectivity index (χ1) is 4.93. The summed E-state index contributed by atoms with van der Waals surface area (Å²) in [5.41, 5.74) is 0.0124. The minimum absolute atomic E-state index is 0.0124. The molecule has 0 N–H and O–H groups in total. The number of rotatable bonds is 0. The van der Waals surface area contributed by atoms with Crippen LogP contribution in [0.25, 0.3) is 0 Å². The molecule has 11 heavy (non-hydrogen) atoms. The Morgan fingerprint density at radius 1 is 1.45 bits per heavy atom. The zero-order valence-electron chi connectivity index (χ0n) is 6.61. The molecule has 0 atom stereocenters. The molecule has 0 aliphatic rings. The lowest BCUT2D eigenvalue weighted by Gasteiger charge is -2.15. The molecule has 1 rings (SSSR count). The molecule has 1 heterocycles. The molecule has 0 unspecified atom stereocenters. The van der Waals surface area contributed by atoms with E-state index in [1.54, 1.807) is 0 Å². The van der Waals surface area contributed by atoms with Gasteiger partial charge in [0, 0.05) is 4.88 Å². The van der Waals surface area contributed by atoms with Gasteiger partial charge in [-0.2, -0.15) is 8.76 Å². The van der Waals surface area contributed by atoms with Crippen molar-refractivity contribution in [2.45, 2.75) is 26.2 Å². The lowest BCUT2D eigenvalue weighted by atomic mass is 9.95. The molecule has 0 aliphatic heterocycles. The highest BCUT2D eigenvalue weighted by atomic mass is 127. The predicted molar refractivity (Wildman–Crippen MR) is 53.5 cm³/mol. The smallest absolute Gasteiger partial charge is 0.183 e. The maximum atomic E-state index is 12.8. The molecule has 0 spiro atoms. The average molecular weight is 285 g/mol. The first-order valence-corrected chi connectivity index (χ1v) is 5.09. The Kier molecular flexibility index (Phi) is 2.53. The van der Waals surface area contributed by atoms with E-state index in [9.17, 15) is 4.39 Å². The summed E-state index contributed by atoms with van der Waals surface area (Å²) >= 11 is 3.25. The second-order valence-corrected chi connectivity index (χ2v) is 5.22. The van der Waals surface area contributed by atoms with Crippen molar-refractivity contribution in [3.63, 3.8) is 0 Å². The third-order valence-electron chi connectivity index (χ3n) is 1.28. The minimum atomic E-state index is -0.333. The van der Waals surface area contributed by atoms with Gasteiger partial charge in [0.05, 0.1) is 3.57 Å². The van der Waals surface area contributed by atoms with Gasteiger partial charge >= 0.3 is 0 Å². The zero-order chi connectivity index (χ0) is 8.65. The second-order valence-electron chi connectivity index (χ2n) is 3.37. The van der Waals surface area contributed by atoms with E-state index in [1.165, 1.54) is 11.5 Å². The number of halogens is 2. The van der Waals surface area contributed by atoms with Crippen LogP contribution in [0, 0.1) is 9.52 Å². The third-order valence-corrected chi connectivity index (χ3v) is 3.88. The van der Waals surface area contributed by atoms with Gasteiger partial charge in [-0.05, 0) is 39.5 Å². The molecule has 0 fully saturated rings. The number of hydrogen-bond acceptors (Lipinski definition) is 2. The fraction of sp³-hybridized carbons (Fsp3) is 0.571. The van der Waals surface area contributed by atoms with Gasteiger partial charge in [0.1, 0.15) is 0 Å². The first-order valence-electron chi connectivity index (χ1n) is 3.24. The second kappa shape index (κ2) is 2.97. The standard InChI is InChI=1S/C7H9FINS/c1-7(2,3)5-4(9)6(8)10-11-5/h1-3H3. The molecule has 4 heteroatoms. The minimum Gasteiger partial charge on any atom is -0.183 e. The summed E-state index contributed by atoms with van der Waals surface area (Å²) in [7, 11) is 0. The van der Waals surface area contributed by atoms with E-state index in [0.29, 0.717) is 3.57 Å². The molecule has 0 saturated heterocycles. The molecule has 0 amide bonds. The molecule has 1 nitrogen and oxygen atoms in total. The topological polar surface area (TPSA) is 12.9 Å². The normalized spacial score (nSPS) is 12.1. The van der Waals surface area contributed by atoms with Crippen LogP contribution < -0.4 is 0 Å². The molecular weight excluding hydrogens is 276 g/mol. The SMILES string of the molecule is CC(C)(C)c1snc(F)c1I. The lowest BCUT2D eigenvalue weighted by Crippen LogP contribution is -2.10.